The number of sulfonamides is 1. The lowest BCUT2D eigenvalue weighted by Crippen LogP contribution is -2.37. The number of ether oxygens (including phenoxy) is 1. The molecule has 1 aromatic heterocycles. The lowest BCUT2D eigenvalue weighted by atomic mass is 10.1. The van der Waals surface area contributed by atoms with Gasteiger partial charge < -0.3 is 4.74 Å². The van der Waals surface area contributed by atoms with Crippen LogP contribution in [0.1, 0.15) is 48.2 Å². The van der Waals surface area contributed by atoms with Gasteiger partial charge in [0.05, 0.1) is 27.8 Å². The number of aryl methyl sites for hydroxylation is 2. The number of thiazole rings is 1. The highest BCUT2D eigenvalue weighted by Crippen LogP contribution is 2.32. The number of anilines is 1. The van der Waals surface area contributed by atoms with Gasteiger partial charge in [0, 0.05) is 25.3 Å². The van der Waals surface area contributed by atoms with Crippen molar-refractivity contribution < 1.29 is 17.9 Å². The molecule has 1 unspecified atom stereocenters. The minimum atomic E-state index is -3.58. The maximum atomic E-state index is 13.6. The second-order valence-electron chi connectivity index (χ2n) is 8.57. The third-order valence-electron chi connectivity index (χ3n) is 6.32. The van der Waals surface area contributed by atoms with Crippen molar-refractivity contribution in [3.63, 3.8) is 0 Å². The van der Waals surface area contributed by atoms with Crippen LogP contribution in [0.25, 0.3) is 10.2 Å². The van der Waals surface area contributed by atoms with E-state index in [2.05, 4.69) is 19.9 Å². The molecule has 1 saturated heterocycles. The largest absolute Gasteiger partial charge is 0.376 e. The zero-order valence-corrected chi connectivity index (χ0v) is 21.7. The molecular weight excluding hydrogens is 470 g/mol. The second kappa shape index (κ2) is 10.1. The molecule has 0 saturated carbocycles. The van der Waals surface area contributed by atoms with E-state index >= 15 is 0 Å². The Morgan fingerprint density at radius 3 is 2.41 bits per heavy atom. The first kappa shape index (κ1) is 24.8. The summed E-state index contributed by atoms with van der Waals surface area (Å²) in [4.78, 5) is 20.3. The summed E-state index contributed by atoms with van der Waals surface area (Å²) < 4.78 is 33.9. The summed E-state index contributed by atoms with van der Waals surface area (Å²) in [6.07, 6.45) is 1.83. The Bertz CT molecular complexity index is 1240. The third-order valence-corrected chi connectivity index (χ3v) is 9.43. The lowest BCUT2D eigenvalue weighted by molar-refractivity contribution is 0.0917. The van der Waals surface area contributed by atoms with Crippen molar-refractivity contribution in [3.05, 3.63) is 53.1 Å². The Labute approximate surface area is 205 Å². The Morgan fingerprint density at radius 1 is 1.12 bits per heavy atom. The van der Waals surface area contributed by atoms with E-state index in [1.165, 1.54) is 33.3 Å². The minimum Gasteiger partial charge on any atom is -0.376 e. The van der Waals surface area contributed by atoms with Crippen molar-refractivity contribution in [1.29, 1.82) is 0 Å². The predicted octanol–water partition coefficient (Wildman–Crippen LogP) is 4.77. The number of nitrogens with zero attached hydrogens (tertiary/aromatic N) is 3. The highest BCUT2D eigenvalue weighted by atomic mass is 32.2. The number of rotatable bonds is 8. The van der Waals surface area contributed by atoms with Crippen molar-refractivity contribution in [2.24, 2.45) is 0 Å². The summed E-state index contributed by atoms with van der Waals surface area (Å²) in [6.45, 7) is 9.63. The van der Waals surface area contributed by atoms with Gasteiger partial charge in [0.2, 0.25) is 10.0 Å². The van der Waals surface area contributed by atoms with Crippen LogP contribution in [0.5, 0.6) is 0 Å². The van der Waals surface area contributed by atoms with Crippen molar-refractivity contribution in [2.75, 3.05) is 31.1 Å². The maximum absolute atomic E-state index is 13.6. The standard InChI is InChI=1S/C25H31N3O4S2/c1-5-27(6-2)34(30,31)21-11-9-19(10-12-21)24(29)28(16-20-8-7-13-32-20)25-26-22-14-17(3)18(4)15-23(22)33-25/h9-12,14-15,20H,5-8,13,16H2,1-4H3. The van der Waals surface area contributed by atoms with E-state index in [0.717, 1.165) is 28.6 Å². The lowest BCUT2D eigenvalue weighted by Gasteiger charge is -2.23. The van der Waals surface area contributed by atoms with E-state index in [-0.39, 0.29) is 16.9 Å². The zero-order chi connectivity index (χ0) is 24.5. The SMILES string of the molecule is CCN(CC)S(=O)(=O)c1ccc(C(=O)N(CC2CCCO2)c2nc3cc(C)c(C)cc3s2)cc1. The molecule has 1 aliphatic heterocycles. The van der Waals surface area contributed by atoms with Crippen LogP contribution in [0.4, 0.5) is 5.13 Å². The first-order chi connectivity index (χ1) is 16.2. The normalized spacial score (nSPS) is 16.4. The van der Waals surface area contributed by atoms with Gasteiger partial charge in [-0.2, -0.15) is 4.31 Å². The number of fused-ring (bicyclic) bond motifs is 1. The predicted molar refractivity (Wildman–Crippen MR) is 136 cm³/mol. The van der Waals surface area contributed by atoms with Crippen molar-refractivity contribution in [3.8, 4) is 0 Å². The van der Waals surface area contributed by atoms with E-state index in [1.807, 2.05) is 19.9 Å². The zero-order valence-electron chi connectivity index (χ0n) is 20.1. The van der Waals surface area contributed by atoms with Crippen LogP contribution < -0.4 is 4.90 Å². The van der Waals surface area contributed by atoms with Crippen LogP contribution in [0, 0.1) is 13.8 Å². The molecule has 1 atom stereocenters. The summed E-state index contributed by atoms with van der Waals surface area (Å²) in [5.41, 5.74) is 3.63. The van der Waals surface area contributed by atoms with E-state index < -0.39 is 10.0 Å². The number of aromatic nitrogens is 1. The van der Waals surface area contributed by atoms with Crippen LogP contribution in [-0.4, -0.2) is 56.0 Å². The van der Waals surface area contributed by atoms with E-state index in [0.29, 0.717) is 36.9 Å². The molecule has 1 fully saturated rings. The fourth-order valence-corrected chi connectivity index (χ4v) is 6.67. The minimum absolute atomic E-state index is 0.0400. The highest BCUT2D eigenvalue weighted by Gasteiger charge is 2.28. The van der Waals surface area contributed by atoms with Crippen molar-refractivity contribution >= 4 is 42.6 Å². The van der Waals surface area contributed by atoms with E-state index in [1.54, 1.807) is 17.0 Å². The fourth-order valence-electron chi connectivity index (χ4n) is 4.16. The summed E-state index contributed by atoms with van der Waals surface area (Å²) in [5, 5.41) is 0.625. The molecule has 7 nitrogen and oxygen atoms in total. The molecule has 0 bridgehead atoms. The van der Waals surface area contributed by atoms with Gasteiger partial charge in [-0.25, -0.2) is 13.4 Å². The Morgan fingerprint density at radius 2 is 1.79 bits per heavy atom. The molecule has 0 radical (unpaired) electrons. The van der Waals surface area contributed by atoms with Crippen LogP contribution in [0.3, 0.4) is 0 Å². The number of amides is 1. The molecular formula is C25H31N3O4S2. The van der Waals surface area contributed by atoms with Crippen LogP contribution >= 0.6 is 11.3 Å². The number of benzene rings is 2. The van der Waals surface area contributed by atoms with E-state index in [4.69, 9.17) is 9.72 Å². The van der Waals surface area contributed by atoms with Gasteiger partial charge in [-0.1, -0.05) is 25.2 Å². The quantitative estimate of drug-likeness (QED) is 0.444. The molecule has 3 aromatic rings. The van der Waals surface area contributed by atoms with Gasteiger partial charge in [-0.15, -0.1) is 0 Å². The molecule has 2 heterocycles. The smallest absolute Gasteiger partial charge is 0.260 e. The van der Waals surface area contributed by atoms with Gasteiger partial charge in [0.25, 0.3) is 5.91 Å². The number of carbonyl (C=O) groups excluding carboxylic acids is 1. The molecule has 0 N–H and O–H groups in total. The molecule has 2 aromatic carbocycles. The maximum Gasteiger partial charge on any atom is 0.260 e. The average Bonchev–Trinajstić information content (AvgIpc) is 3.48. The number of hydrogen-bond acceptors (Lipinski definition) is 6. The molecule has 4 rings (SSSR count). The van der Waals surface area contributed by atoms with Crippen LogP contribution in [-0.2, 0) is 14.8 Å². The fraction of sp³-hybridized carbons (Fsp3) is 0.440. The molecule has 1 amide bonds. The van der Waals surface area contributed by atoms with Crippen LogP contribution in [0.2, 0.25) is 0 Å². The molecule has 0 aliphatic carbocycles. The Balaban J connectivity index is 1.67. The highest BCUT2D eigenvalue weighted by molar-refractivity contribution is 7.89. The van der Waals surface area contributed by atoms with E-state index in [9.17, 15) is 13.2 Å². The molecule has 9 heteroatoms. The van der Waals surface area contributed by atoms with Crippen molar-refractivity contribution in [1.82, 2.24) is 9.29 Å². The summed E-state index contributed by atoms with van der Waals surface area (Å²) in [7, 11) is -3.58. The number of hydrogen-bond donors (Lipinski definition) is 0. The summed E-state index contributed by atoms with van der Waals surface area (Å²) in [6, 6.07) is 10.3. The van der Waals surface area contributed by atoms with Gasteiger partial charge in [-0.3, -0.25) is 9.69 Å². The topological polar surface area (TPSA) is 79.8 Å². The Hall–Kier alpha value is -2.33. The average molecular weight is 502 g/mol. The molecule has 0 spiro atoms. The van der Waals surface area contributed by atoms with Gasteiger partial charge in [0.1, 0.15) is 0 Å². The monoisotopic (exact) mass is 501 g/mol. The Kier molecular flexibility index (Phi) is 7.37. The third kappa shape index (κ3) is 4.88. The molecule has 1 aliphatic rings. The van der Waals surface area contributed by atoms with Crippen molar-refractivity contribution in [2.45, 2.75) is 51.5 Å². The molecule has 34 heavy (non-hydrogen) atoms. The van der Waals surface area contributed by atoms with Gasteiger partial charge in [-0.05, 0) is 74.2 Å². The van der Waals surface area contributed by atoms with Gasteiger partial charge >= 0.3 is 0 Å². The second-order valence-corrected chi connectivity index (χ2v) is 11.5. The summed E-state index contributed by atoms with van der Waals surface area (Å²) in [5.74, 6) is -0.213. The van der Waals surface area contributed by atoms with Crippen LogP contribution in [0.15, 0.2) is 41.3 Å². The summed E-state index contributed by atoms with van der Waals surface area (Å²) >= 11 is 1.49. The van der Waals surface area contributed by atoms with Gasteiger partial charge in [0.15, 0.2) is 5.13 Å². The first-order valence-corrected chi connectivity index (χ1v) is 13.9. The molecule has 182 valence electrons. The first-order valence-electron chi connectivity index (χ1n) is 11.7. The number of carbonyl (C=O) groups is 1.